The molecular weight excluding hydrogens is 276 g/mol. The maximum Gasteiger partial charge on any atom is 0.235 e. The second-order valence-electron chi connectivity index (χ2n) is 4.50. The summed E-state index contributed by atoms with van der Waals surface area (Å²) in [6.07, 6.45) is 2.18. The Kier molecular flexibility index (Phi) is 5.32. The van der Waals surface area contributed by atoms with E-state index in [1.54, 1.807) is 23.1 Å². The highest BCUT2D eigenvalue weighted by Gasteiger charge is 2.26. The first-order valence-corrected chi connectivity index (χ1v) is 8.26. The first kappa shape index (κ1) is 14.4. The van der Waals surface area contributed by atoms with Gasteiger partial charge >= 0.3 is 0 Å². The third kappa shape index (κ3) is 4.00. The van der Waals surface area contributed by atoms with Crippen LogP contribution in [0.5, 0.6) is 0 Å². The number of rotatable bonds is 3. The highest BCUT2D eigenvalue weighted by Crippen LogP contribution is 2.28. The lowest BCUT2D eigenvalue weighted by atomic mass is 10.2. The van der Waals surface area contributed by atoms with Crippen LogP contribution in [0.4, 0.5) is 0 Å². The first-order valence-electron chi connectivity index (χ1n) is 6.33. The summed E-state index contributed by atoms with van der Waals surface area (Å²) in [6.45, 7) is 1.05. The monoisotopic (exact) mass is 294 g/mol. The third-order valence-corrected chi connectivity index (χ3v) is 5.25. The summed E-state index contributed by atoms with van der Waals surface area (Å²) in [6, 6.07) is 2.04. The second kappa shape index (κ2) is 6.99. The molecule has 2 N–H and O–H groups in total. The highest BCUT2D eigenvalue weighted by atomic mass is 32.2. The van der Waals surface area contributed by atoms with Crippen LogP contribution in [-0.4, -0.2) is 35.4 Å². The fraction of sp³-hybridized carbons (Fsp3) is 0.500. The molecule has 1 aliphatic rings. The Morgan fingerprint density at radius 3 is 3.16 bits per heavy atom. The molecule has 0 aliphatic carbocycles. The highest BCUT2D eigenvalue weighted by molar-refractivity contribution is 8.00. The predicted molar refractivity (Wildman–Crippen MR) is 82.2 cm³/mol. The quantitative estimate of drug-likeness (QED) is 0.866. The number of amides is 1. The standard InChI is InChI=1S/C14H18N2OS2/c1-16(14(17)13-5-3-7-18-13)9-12-8-11(10-19-12)4-2-6-15/h8,10,13H,3,5-7,9,15H2,1H3. The molecule has 1 saturated heterocycles. The molecule has 1 aliphatic heterocycles. The van der Waals surface area contributed by atoms with Crippen molar-refractivity contribution in [3.05, 3.63) is 21.9 Å². The normalized spacial score (nSPS) is 17.9. The van der Waals surface area contributed by atoms with E-state index in [1.165, 1.54) is 4.88 Å². The molecule has 1 atom stereocenters. The third-order valence-electron chi connectivity index (χ3n) is 2.96. The summed E-state index contributed by atoms with van der Waals surface area (Å²) >= 11 is 3.43. The number of hydrogen-bond donors (Lipinski definition) is 1. The SMILES string of the molecule is CN(Cc1cc(C#CCN)cs1)C(=O)C1CCCS1. The van der Waals surface area contributed by atoms with E-state index in [2.05, 4.69) is 11.8 Å². The van der Waals surface area contributed by atoms with Gasteiger partial charge in [0, 0.05) is 22.9 Å². The minimum atomic E-state index is 0.168. The Morgan fingerprint density at radius 2 is 2.47 bits per heavy atom. The molecule has 1 fully saturated rings. The molecular formula is C14H18N2OS2. The summed E-state index contributed by atoms with van der Waals surface area (Å²) in [5.41, 5.74) is 6.34. The number of nitrogens with two attached hydrogens (primary N) is 1. The average molecular weight is 294 g/mol. The smallest absolute Gasteiger partial charge is 0.235 e. The molecule has 5 heteroatoms. The van der Waals surface area contributed by atoms with Crippen molar-refractivity contribution in [2.75, 3.05) is 19.3 Å². The minimum absolute atomic E-state index is 0.168. The molecule has 3 nitrogen and oxygen atoms in total. The Labute approximate surface area is 122 Å². The van der Waals surface area contributed by atoms with Crippen molar-refractivity contribution in [2.45, 2.75) is 24.6 Å². The van der Waals surface area contributed by atoms with Crippen LogP contribution in [0.25, 0.3) is 0 Å². The van der Waals surface area contributed by atoms with Crippen LogP contribution in [0, 0.1) is 11.8 Å². The van der Waals surface area contributed by atoms with E-state index in [9.17, 15) is 4.79 Å². The van der Waals surface area contributed by atoms with Gasteiger partial charge < -0.3 is 10.6 Å². The predicted octanol–water partition coefficient (Wildman–Crippen LogP) is 1.91. The molecule has 0 aromatic carbocycles. The van der Waals surface area contributed by atoms with Gasteiger partial charge in [0.2, 0.25) is 5.91 Å². The van der Waals surface area contributed by atoms with Gasteiger partial charge in [-0.2, -0.15) is 0 Å². The van der Waals surface area contributed by atoms with Crippen LogP contribution in [0.3, 0.4) is 0 Å². The van der Waals surface area contributed by atoms with E-state index in [4.69, 9.17) is 5.73 Å². The number of thioether (sulfide) groups is 1. The summed E-state index contributed by atoms with van der Waals surface area (Å²) in [7, 11) is 1.88. The fourth-order valence-corrected chi connectivity index (χ4v) is 4.15. The maximum absolute atomic E-state index is 12.2. The van der Waals surface area contributed by atoms with Crippen molar-refractivity contribution in [1.29, 1.82) is 0 Å². The van der Waals surface area contributed by atoms with Crippen molar-refractivity contribution in [1.82, 2.24) is 4.90 Å². The largest absolute Gasteiger partial charge is 0.340 e. The molecule has 2 heterocycles. The zero-order chi connectivity index (χ0) is 13.7. The van der Waals surface area contributed by atoms with E-state index < -0.39 is 0 Å². The molecule has 102 valence electrons. The molecule has 0 saturated carbocycles. The van der Waals surface area contributed by atoms with E-state index in [0.29, 0.717) is 13.1 Å². The summed E-state index contributed by atoms with van der Waals surface area (Å²) in [5, 5.41) is 2.18. The van der Waals surface area contributed by atoms with Crippen LogP contribution in [0.15, 0.2) is 11.4 Å². The van der Waals surface area contributed by atoms with Gasteiger partial charge in [-0.3, -0.25) is 4.79 Å². The van der Waals surface area contributed by atoms with Crippen LogP contribution >= 0.6 is 23.1 Å². The minimum Gasteiger partial charge on any atom is -0.340 e. The van der Waals surface area contributed by atoms with Crippen molar-refractivity contribution >= 4 is 29.0 Å². The molecule has 19 heavy (non-hydrogen) atoms. The molecule has 1 aromatic heterocycles. The van der Waals surface area contributed by atoms with Crippen molar-refractivity contribution in [3.8, 4) is 11.8 Å². The fourth-order valence-electron chi connectivity index (χ4n) is 2.01. The van der Waals surface area contributed by atoms with E-state index in [0.717, 1.165) is 24.2 Å². The van der Waals surface area contributed by atoms with Crippen LogP contribution < -0.4 is 5.73 Å². The number of thiophene rings is 1. The van der Waals surface area contributed by atoms with Crippen LogP contribution in [-0.2, 0) is 11.3 Å². The Hall–Kier alpha value is -0.960. The lowest BCUT2D eigenvalue weighted by molar-refractivity contribution is -0.129. The zero-order valence-electron chi connectivity index (χ0n) is 11.0. The second-order valence-corrected chi connectivity index (χ2v) is 6.81. The molecule has 1 aromatic rings. The maximum atomic E-state index is 12.2. The van der Waals surface area contributed by atoms with Crippen molar-refractivity contribution in [2.24, 2.45) is 5.73 Å². The summed E-state index contributed by atoms with van der Waals surface area (Å²) in [4.78, 5) is 15.2. The number of carbonyl (C=O) groups excluding carboxylic acids is 1. The van der Waals surface area contributed by atoms with Crippen molar-refractivity contribution < 1.29 is 4.79 Å². The number of carbonyl (C=O) groups is 1. The molecule has 0 spiro atoms. The van der Waals surface area contributed by atoms with Crippen molar-refractivity contribution in [3.63, 3.8) is 0 Å². The van der Waals surface area contributed by atoms with Gasteiger partial charge in [-0.15, -0.1) is 23.1 Å². The Bertz CT molecular complexity index is 495. The van der Waals surface area contributed by atoms with Gasteiger partial charge in [0.1, 0.15) is 0 Å². The van der Waals surface area contributed by atoms with Crippen LogP contribution in [0.1, 0.15) is 23.3 Å². The Morgan fingerprint density at radius 1 is 1.63 bits per heavy atom. The molecule has 0 radical (unpaired) electrons. The lowest BCUT2D eigenvalue weighted by Crippen LogP contribution is -2.32. The molecule has 1 amide bonds. The lowest BCUT2D eigenvalue weighted by Gasteiger charge is -2.19. The summed E-state index contributed by atoms with van der Waals surface area (Å²) in [5.74, 6) is 7.22. The van der Waals surface area contributed by atoms with Gasteiger partial charge in [0.05, 0.1) is 18.3 Å². The zero-order valence-corrected chi connectivity index (χ0v) is 12.6. The topological polar surface area (TPSA) is 46.3 Å². The Balaban J connectivity index is 1.92. The van der Waals surface area contributed by atoms with Gasteiger partial charge in [-0.1, -0.05) is 11.8 Å². The van der Waals surface area contributed by atoms with E-state index in [1.807, 2.05) is 23.4 Å². The first-order chi connectivity index (χ1) is 9.20. The summed E-state index contributed by atoms with van der Waals surface area (Å²) < 4.78 is 0. The van der Waals surface area contributed by atoms with E-state index >= 15 is 0 Å². The van der Waals surface area contributed by atoms with Gasteiger partial charge in [-0.05, 0) is 24.7 Å². The van der Waals surface area contributed by atoms with Crippen LogP contribution in [0.2, 0.25) is 0 Å². The molecule has 0 bridgehead atoms. The number of nitrogens with zero attached hydrogens (tertiary/aromatic N) is 1. The average Bonchev–Trinajstić information content (AvgIpc) is 3.06. The van der Waals surface area contributed by atoms with E-state index in [-0.39, 0.29) is 11.2 Å². The molecule has 1 unspecified atom stereocenters. The van der Waals surface area contributed by atoms with Gasteiger partial charge in [0.25, 0.3) is 0 Å². The number of hydrogen-bond acceptors (Lipinski definition) is 4. The van der Waals surface area contributed by atoms with Gasteiger partial charge in [-0.25, -0.2) is 0 Å². The van der Waals surface area contributed by atoms with Gasteiger partial charge in [0.15, 0.2) is 0 Å². The molecule has 2 rings (SSSR count).